The highest BCUT2D eigenvalue weighted by molar-refractivity contribution is 7.89. The summed E-state index contributed by atoms with van der Waals surface area (Å²) in [5.74, 6) is -0.153. The van der Waals surface area contributed by atoms with Gasteiger partial charge in [-0.25, -0.2) is 13.1 Å². The number of rotatable bonds is 6. The molecule has 3 N–H and O–H groups in total. The molecule has 0 aliphatic heterocycles. The summed E-state index contributed by atoms with van der Waals surface area (Å²) in [6.45, 7) is 4.95. The highest BCUT2D eigenvalue weighted by atomic mass is 32.2. The average molecular weight is 286 g/mol. The van der Waals surface area contributed by atoms with Crippen LogP contribution in [0, 0.1) is 6.92 Å². The zero-order valence-corrected chi connectivity index (χ0v) is 12.0. The first-order valence-electron chi connectivity index (χ1n) is 5.76. The van der Waals surface area contributed by atoms with E-state index in [0.717, 1.165) is 0 Å². The number of benzene rings is 1. The summed E-state index contributed by atoms with van der Waals surface area (Å²) < 4.78 is 31.5. The Balaban J connectivity index is 2.96. The lowest BCUT2D eigenvalue weighted by molar-refractivity contribution is -0.119. The quantitative estimate of drug-likeness (QED) is 0.797. The molecule has 0 saturated heterocycles. The Labute approximate surface area is 113 Å². The number of nitrogens with one attached hydrogen (secondary N) is 1. The average Bonchev–Trinajstić information content (AvgIpc) is 2.25. The summed E-state index contributed by atoms with van der Waals surface area (Å²) in [4.78, 5) is 10.8. The van der Waals surface area contributed by atoms with E-state index in [4.69, 9.17) is 10.5 Å². The van der Waals surface area contributed by atoms with Crippen LogP contribution in [0.4, 0.5) is 0 Å². The second-order valence-corrected chi connectivity index (χ2v) is 6.17. The third kappa shape index (κ3) is 4.53. The molecular weight excluding hydrogens is 268 g/mol. The molecule has 6 nitrogen and oxygen atoms in total. The van der Waals surface area contributed by atoms with Gasteiger partial charge in [-0.3, -0.25) is 4.79 Å². The van der Waals surface area contributed by atoms with E-state index in [0.29, 0.717) is 11.3 Å². The molecule has 0 aliphatic carbocycles. The minimum absolute atomic E-state index is 0.158. The zero-order chi connectivity index (χ0) is 14.6. The van der Waals surface area contributed by atoms with Crippen LogP contribution in [0.15, 0.2) is 23.1 Å². The Morgan fingerprint density at radius 1 is 1.42 bits per heavy atom. The maximum absolute atomic E-state index is 11.9. The second kappa shape index (κ2) is 6.03. The summed E-state index contributed by atoms with van der Waals surface area (Å²) in [6, 6.07) is 4.23. The molecule has 0 aliphatic rings. The van der Waals surface area contributed by atoms with Crippen LogP contribution < -0.4 is 15.2 Å². The molecule has 0 saturated carbocycles. The Morgan fingerprint density at radius 3 is 2.53 bits per heavy atom. The number of carbonyl (C=O) groups excluding carboxylic acids is 1. The van der Waals surface area contributed by atoms with Gasteiger partial charge < -0.3 is 10.5 Å². The van der Waals surface area contributed by atoms with Crippen LogP contribution >= 0.6 is 0 Å². The molecule has 7 heteroatoms. The van der Waals surface area contributed by atoms with Crippen molar-refractivity contribution in [1.82, 2.24) is 4.72 Å². The van der Waals surface area contributed by atoms with Gasteiger partial charge in [0.15, 0.2) is 6.61 Å². The van der Waals surface area contributed by atoms with Gasteiger partial charge in [0, 0.05) is 6.04 Å². The van der Waals surface area contributed by atoms with Gasteiger partial charge in [-0.2, -0.15) is 0 Å². The zero-order valence-electron chi connectivity index (χ0n) is 11.1. The van der Waals surface area contributed by atoms with Crippen LogP contribution in [0.3, 0.4) is 0 Å². The van der Waals surface area contributed by atoms with Crippen LogP contribution in [0.2, 0.25) is 0 Å². The summed E-state index contributed by atoms with van der Waals surface area (Å²) in [6.07, 6.45) is 0. The number of sulfonamides is 1. The van der Waals surface area contributed by atoms with Crippen LogP contribution in [0.1, 0.15) is 19.4 Å². The Bertz CT molecular complexity index is 567. The van der Waals surface area contributed by atoms with Crippen LogP contribution in [0.25, 0.3) is 0 Å². The standard InChI is InChI=1S/C12H18N2O4S/c1-8(2)14-19(16,17)10-4-5-11(9(3)6-10)18-7-12(13)15/h4-6,8,14H,7H2,1-3H3,(H2,13,15). The first-order chi connectivity index (χ1) is 8.72. The van der Waals surface area contributed by atoms with Crippen LogP contribution in [0.5, 0.6) is 5.75 Å². The molecule has 1 aromatic carbocycles. The number of hydrogen-bond donors (Lipinski definition) is 2. The van der Waals surface area contributed by atoms with E-state index >= 15 is 0 Å². The van der Waals surface area contributed by atoms with Crippen molar-refractivity contribution in [1.29, 1.82) is 0 Å². The normalized spacial score (nSPS) is 11.6. The molecule has 1 amide bonds. The van der Waals surface area contributed by atoms with Crippen molar-refractivity contribution < 1.29 is 17.9 Å². The van der Waals surface area contributed by atoms with Crippen LogP contribution in [-0.2, 0) is 14.8 Å². The summed E-state index contributed by atoms with van der Waals surface area (Å²) >= 11 is 0. The Hall–Kier alpha value is -1.60. The maximum Gasteiger partial charge on any atom is 0.255 e. The van der Waals surface area contributed by atoms with Gasteiger partial charge in [0.1, 0.15) is 5.75 Å². The molecule has 0 fully saturated rings. The van der Waals surface area contributed by atoms with Crippen molar-refractivity contribution in [2.75, 3.05) is 6.61 Å². The van der Waals surface area contributed by atoms with E-state index < -0.39 is 15.9 Å². The lowest BCUT2D eigenvalue weighted by Gasteiger charge is -2.12. The molecule has 0 atom stereocenters. The fraction of sp³-hybridized carbons (Fsp3) is 0.417. The molecule has 0 heterocycles. The van der Waals surface area contributed by atoms with Gasteiger partial charge in [0.2, 0.25) is 10.0 Å². The molecule has 0 radical (unpaired) electrons. The van der Waals surface area contributed by atoms with Gasteiger partial charge in [-0.1, -0.05) is 0 Å². The minimum atomic E-state index is -3.53. The van der Waals surface area contributed by atoms with Gasteiger partial charge in [0.25, 0.3) is 5.91 Å². The highest BCUT2D eigenvalue weighted by Crippen LogP contribution is 2.21. The fourth-order valence-corrected chi connectivity index (χ4v) is 2.81. The monoisotopic (exact) mass is 286 g/mol. The number of amides is 1. The van der Waals surface area contributed by atoms with Crippen molar-refractivity contribution >= 4 is 15.9 Å². The van der Waals surface area contributed by atoms with Crippen molar-refractivity contribution in [3.63, 3.8) is 0 Å². The molecule has 106 valence electrons. The van der Waals surface area contributed by atoms with Crippen molar-refractivity contribution in [3.05, 3.63) is 23.8 Å². The Kier molecular flexibility index (Phi) is 4.90. The van der Waals surface area contributed by atoms with Crippen LogP contribution in [-0.4, -0.2) is 27.0 Å². The molecular formula is C12H18N2O4S. The smallest absolute Gasteiger partial charge is 0.255 e. The fourth-order valence-electron chi connectivity index (χ4n) is 1.48. The highest BCUT2D eigenvalue weighted by Gasteiger charge is 2.16. The van der Waals surface area contributed by atoms with Gasteiger partial charge in [-0.05, 0) is 44.5 Å². The Morgan fingerprint density at radius 2 is 2.05 bits per heavy atom. The number of aryl methyl sites for hydroxylation is 1. The summed E-state index contributed by atoms with van der Waals surface area (Å²) in [7, 11) is -3.53. The van der Waals surface area contributed by atoms with Crippen molar-refractivity contribution in [2.45, 2.75) is 31.7 Å². The molecule has 0 unspecified atom stereocenters. The number of carbonyl (C=O) groups is 1. The number of ether oxygens (including phenoxy) is 1. The summed E-state index contributed by atoms with van der Waals surface area (Å²) in [5, 5.41) is 0. The molecule has 0 bridgehead atoms. The van der Waals surface area contributed by atoms with E-state index in [-0.39, 0.29) is 17.5 Å². The van der Waals surface area contributed by atoms with E-state index in [1.807, 2.05) is 0 Å². The first-order valence-corrected chi connectivity index (χ1v) is 7.25. The van der Waals surface area contributed by atoms with E-state index in [1.165, 1.54) is 18.2 Å². The predicted octanol–water partition coefficient (Wildman–Crippen LogP) is 0.546. The van der Waals surface area contributed by atoms with Gasteiger partial charge in [-0.15, -0.1) is 0 Å². The molecule has 1 rings (SSSR count). The first kappa shape index (κ1) is 15.5. The third-order valence-electron chi connectivity index (χ3n) is 2.22. The molecule has 19 heavy (non-hydrogen) atoms. The predicted molar refractivity (Wildman–Crippen MR) is 71.3 cm³/mol. The molecule has 0 aromatic heterocycles. The van der Waals surface area contributed by atoms with Gasteiger partial charge >= 0.3 is 0 Å². The SMILES string of the molecule is Cc1cc(S(=O)(=O)NC(C)C)ccc1OCC(N)=O. The van der Waals surface area contributed by atoms with Crippen molar-refractivity contribution in [3.8, 4) is 5.75 Å². The minimum Gasteiger partial charge on any atom is -0.484 e. The maximum atomic E-state index is 11.9. The lowest BCUT2D eigenvalue weighted by Crippen LogP contribution is -2.30. The van der Waals surface area contributed by atoms with E-state index in [9.17, 15) is 13.2 Å². The third-order valence-corrected chi connectivity index (χ3v) is 3.87. The topological polar surface area (TPSA) is 98.5 Å². The number of nitrogens with two attached hydrogens (primary N) is 1. The summed E-state index contributed by atoms with van der Waals surface area (Å²) in [5.41, 5.74) is 5.59. The lowest BCUT2D eigenvalue weighted by atomic mass is 10.2. The largest absolute Gasteiger partial charge is 0.484 e. The molecule has 0 spiro atoms. The van der Waals surface area contributed by atoms with Gasteiger partial charge in [0.05, 0.1) is 4.90 Å². The number of hydrogen-bond acceptors (Lipinski definition) is 4. The van der Waals surface area contributed by atoms with E-state index in [2.05, 4.69) is 4.72 Å². The van der Waals surface area contributed by atoms with Crippen molar-refractivity contribution in [2.24, 2.45) is 5.73 Å². The molecule has 1 aromatic rings. The second-order valence-electron chi connectivity index (χ2n) is 4.46. The number of primary amides is 1. The van der Waals surface area contributed by atoms with E-state index in [1.54, 1.807) is 20.8 Å².